The van der Waals surface area contributed by atoms with Crippen molar-refractivity contribution >= 4 is 46.0 Å². The summed E-state index contributed by atoms with van der Waals surface area (Å²) in [6.45, 7) is 1.90. The molecule has 2 aromatic carbocycles. The van der Waals surface area contributed by atoms with Crippen LogP contribution < -0.4 is 5.32 Å². The zero-order valence-corrected chi connectivity index (χ0v) is 17.7. The van der Waals surface area contributed by atoms with Gasteiger partial charge in [0.1, 0.15) is 12.4 Å². The number of nitrogens with zero attached hydrogens (tertiary/aromatic N) is 3. The first-order valence-electron chi connectivity index (χ1n) is 9.24. The van der Waals surface area contributed by atoms with Crippen molar-refractivity contribution in [2.45, 2.75) is 24.4 Å². The molecular formula is C22H18ClFN4OS. The normalized spacial score (nSPS) is 11.0. The van der Waals surface area contributed by atoms with Gasteiger partial charge in [-0.25, -0.2) is 9.37 Å². The second-order valence-corrected chi connectivity index (χ2v) is 8.04. The summed E-state index contributed by atoms with van der Waals surface area (Å²) in [7, 11) is 0. The molecular weight excluding hydrogens is 423 g/mol. The zero-order valence-electron chi connectivity index (χ0n) is 16.1. The first-order valence-corrected chi connectivity index (χ1v) is 10.6. The van der Waals surface area contributed by atoms with Gasteiger partial charge >= 0.3 is 0 Å². The number of thioether (sulfide) groups is 1. The van der Waals surface area contributed by atoms with Crippen LogP contribution in [0.15, 0.2) is 66.1 Å². The lowest BCUT2D eigenvalue weighted by Crippen LogP contribution is -2.19. The van der Waals surface area contributed by atoms with Crippen molar-refractivity contribution in [3.05, 3.63) is 82.9 Å². The van der Waals surface area contributed by atoms with Gasteiger partial charge in [0, 0.05) is 22.7 Å². The van der Waals surface area contributed by atoms with Crippen molar-refractivity contribution in [3.63, 3.8) is 0 Å². The van der Waals surface area contributed by atoms with E-state index in [1.54, 1.807) is 59.4 Å². The van der Waals surface area contributed by atoms with Crippen molar-refractivity contribution in [1.29, 1.82) is 0 Å². The highest BCUT2D eigenvalue weighted by Gasteiger charge is 2.16. The van der Waals surface area contributed by atoms with Crippen LogP contribution in [0.25, 0.3) is 11.0 Å². The Hall–Kier alpha value is -2.90. The number of nitrogens with one attached hydrogen (secondary N) is 1. The standard InChI is InChI=1S/C22H18ClFN4OS/c1-14-16(23)6-4-8-18(14)26-21(29)12-28-20-11-25-10-9-19(20)27-22(28)30-13-15-5-2-3-7-17(15)24/h2-11H,12-13H2,1H3,(H,26,29). The van der Waals surface area contributed by atoms with Gasteiger partial charge in [0.2, 0.25) is 5.91 Å². The summed E-state index contributed by atoms with van der Waals surface area (Å²) in [6, 6.07) is 13.8. The van der Waals surface area contributed by atoms with Gasteiger partial charge < -0.3 is 9.88 Å². The van der Waals surface area contributed by atoms with E-state index in [0.717, 1.165) is 16.6 Å². The number of benzene rings is 2. The maximum Gasteiger partial charge on any atom is 0.244 e. The number of rotatable bonds is 6. The maximum atomic E-state index is 14.0. The van der Waals surface area contributed by atoms with Crippen LogP contribution in [0.4, 0.5) is 10.1 Å². The number of hydrogen-bond acceptors (Lipinski definition) is 4. The molecule has 0 atom stereocenters. The summed E-state index contributed by atoms with van der Waals surface area (Å²) in [5.74, 6) is -0.0712. The van der Waals surface area contributed by atoms with Gasteiger partial charge in [-0.05, 0) is 42.3 Å². The molecule has 5 nitrogen and oxygen atoms in total. The highest BCUT2D eigenvalue weighted by molar-refractivity contribution is 7.98. The Bertz CT molecular complexity index is 1230. The summed E-state index contributed by atoms with van der Waals surface area (Å²) in [5.41, 5.74) is 3.52. The monoisotopic (exact) mass is 440 g/mol. The van der Waals surface area contributed by atoms with Crippen molar-refractivity contribution in [2.75, 3.05) is 5.32 Å². The molecule has 4 aromatic rings. The fourth-order valence-corrected chi connectivity index (χ4v) is 4.22. The lowest BCUT2D eigenvalue weighted by atomic mass is 10.2. The molecule has 0 saturated heterocycles. The van der Waals surface area contributed by atoms with Crippen molar-refractivity contribution in [1.82, 2.24) is 14.5 Å². The number of aromatic nitrogens is 3. The van der Waals surface area contributed by atoms with Crippen LogP contribution in [0.5, 0.6) is 0 Å². The zero-order chi connectivity index (χ0) is 21.1. The van der Waals surface area contributed by atoms with Crippen molar-refractivity contribution in [2.24, 2.45) is 0 Å². The lowest BCUT2D eigenvalue weighted by molar-refractivity contribution is -0.116. The molecule has 30 heavy (non-hydrogen) atoms. The molecule has 8 heteroatoms. The number of pyridine rings is 1. The van der Waals surface area contributed by atoms with Gasteiger partial charge in [-0.2, -0.15) is 0 Å². The number of hydrogen-bond donors (Lipinski definition) is 1. The Morgan fingerprint density at radius 2 is 2.03 bits per heavy atom. The van der Waals surface area contributed by atoms with Crippen LogP contribution in [0.2, 0.25) is 5.02 Å². The minimum atomic E-state index is -0.261. The van der Waals surface area contributed by atoms with Gasteiger partial charge in [-0.1, -0.05) is 47.6 Å². The minimum absolute atomic E-state index is 0.0494. The number of fused-ring (bicyclic) bond motifs is 1. The summed E-state index contributed by atoms with van der Waals surface area (Å²) >= 11 is 7.52. The number of carbonyl (C=O) groups excluding carboxylic acids is 1. The third-order valence-electron chi connectivity index (χ3n) is 4.67. The average Bonchev–Trinajstić information content (AvgIpc) is 3.08. The second-order valence-electron chi connectivity index (χ2n) is 6.69. The average molecular weight is 441 g/mol. The van der Waals surface area contributed by atoms with Crippen molar-refractivity contribution in [3.8, 4) is 0 Å². The van der Waals surface area contributed by atoms with E-state index in [2.05, 4.69) is 15.3 Å². The Morgan fingerprint density at radius 3 is 2.87 bits per heavy atom. The van der Waals surface area contributed by atoms with Crippen LogP contribution in [0, 0.1) is 12.7 Å². The summed E-state index contributed by atoms with van der Waals surface area (Å²) in [4.78, 5) is 21.5. The molecule has 0 aliphatic rings. The predicted octanol–water partition coefficient (Wildman–Crippen LogP) is 5.46. The van der Waals surface area contributed by atoms with E-state index in [4.69, 9.17) is 11.6 Å². The van der Waals surface area contributed by atoms with Crippen LogP contribution >= 0.6 is 23.4 Å². The van der Waals surface area contributed by atoms with Gasteiger partial charge in [0.15, 0.2) is 5.16 Å². The lowest BCUT2D eigenvalue weighted by Gasteiger charge is -2.12. The number of anilines is 1. The summed E-state index contributed by atoms with van der Waals surface area (Å²) < 4.78 is 15.8. The Balaban J connectivity index is 1.59. The van der Waals surface area contributed by atoms with Gasteiger partial charge in [0.05, 0.1) is 17.2 Å². The Morgan fingerprint density at radius 1 is 1.20 bits per heavy atom. The van der Waals surface area contributed by atoms with Crippen molar-refractivity contribution < 1.29 is 9.18 Å². The molecule has 1 amide bonds. The van der Waals surface area contributed by atoms with E-state index < -0.39 is 0 Å². The first kappa shape index (κ1) is 20.4. The summed E-state index contributed by atoms with van der Waals surface area (Å²) in [5, 5.41) is 4.12. The number of amides is 1. The number of carbonyl (C=O) groups is 1. The molecule has 152 valence electrons. The van der Waals surface area contributed by atoms with E-state index in [9.17, 15) is 9.18 Å². The highest BCUT2D eigenvalue weighted by Crippen LogP contribution is 2.28. The highest BCUT2D eigenvalue weighted by atomic mass is 35.5. The fourth-order valence-electron chi connectivity index (χ4n) is 3.04. The molecule has 0 fully saturated rings. The predicted molar refractivity (Wildman–Crippen MR) is 118 cm³/mol. The SMILES string of the molecule is Cc1c(Cl)cccc1NC(=O)Cn1c(SCc2ccccc2F)nc2ccncc21. The van der Waals surface area contributed by atoms with Crippen LogP contribution in [0.3, 0.4) is 0 Å². The molecule has 2 aromatic heterocycles. The summed E-state index contributed by atoms with van der Waals surface area (Å²) in [6.07, 6.45) is 3.33. The third kappa shape index (κ3) is 4.32. The molecule has 0 bridgehead atoms. The quantitative estimate of drug-likeness (QED) is 0.404. The Labute approximate surface area is 182 Å². The van der Waals surface area contributed by atoms with E-state index in [0.29, 0.717) is 27.2 Å². The smallest absolute Gasteiger partial charge is 0.244 e. The molecule has 0 spiro atoms. The van der Waals surface area contributed by atoms with E-state index in [1.165, 1.54) is 17.8 Å². The topological polar surface area (TPSA) is 59.8 Å². The minimum Gasteiger partial charge on any atom is -0.324 e. The number of halogens is 2. The van der Waals surface area contributed by atoms with Gasteiger partial charge in [-0.15, -0.1) is 0 Å². The molecule has 0 saturated carbocycles. The van der Waals surface area contributed by atoms with E-state index in [1.807, 2.05) is 6.92 Å². The Kier molecular flexibility index (Phi) is 6.01. The van der Waals surface area contributed by atoms with Crippen LogP contribution in [-0.4, -0.2) is 20.4 Å². The molecule has 0 aliphatic heterocycles. The molecule has 0 unspecified atom stereocenters. The van der Waals surface area contributed by atoms with Crippen LogP contribution in [0.1, 0.15) is 11.1 Å². The molecule has 0 aliphatic carbocycles. The molecule has 1 N–H and O–H groups in total. The largest absolute Gasteiger partial charge is 0.324 e. The third-order valence-corrected chi connectivity index (χ3v) is 6.11. The molecule has 0 radical (unpaired) electrons. The fraction of sp³-hybridized carbons (Fsp3) is 0.136. The maximum absolute atomic E-state index is 14.0. The molecule has 2 heterocycles. The van der Waals surface area contributed by atoms with E-state index in [-0.39, 0.29) is 18.3 Å². The van der Waals surface area contributed by atoms with Gasteiger partial charge in [-0.3, -0.25) is 9.78 Å². The second kappa shape index (κ2) is 8.85. The van der Waals surface area contributed by atoms with Crippen LogP contribution in [-0.2, 0) is 17.1 Å². The first-order chi connectivity index (χ1) is 14.5. The molecule has 4 rings (SSSR count). The van der Waals surface area contributed by atoms with Gasteiger partial charge in [0.25, 0.3) is 0 Å². The van der Waals surface area contributed by atoms with E-state index >= 15 is 0 Å². The number of imidazole rings is 1.